The molecule has 92 valence electrons. The molecule has 1 rings (SSSR count). The van der Waals surface area contributed by atoms with Crippen LogP contribution >= 0.6 is 27.5 Å². The molecule has 1 aromatic rings. The van der Waals surface area contributed by atoms with Gasteiger partial charge in [-0.1, -0.05) is 11.6 Å². The number of aromatic nitrogens is 1. The van der Waals surface area contributed by atoms with E-state index in [9.17, 15) is 9.59 Å². The van der Waals surface area contributed by atoms with E-state index in [1.165, 1.54) is 6.20 Å². The Morgan fingerprint density at radius 1 is 1.53 bits per heavy atom. The second-order valence-electron chi connectivity index (χ2n) is 3.17. The van der Waals surface area contributed by atoms with Crippen LogP contribution in [0.25, 0.3) is 0 Å². The van der Waals surface area contributed by atoms with Gasteiger partial charge in [-0.25, -0.2) is 4.98 Å². The molecule has 0 aliphatic rings. The van der Waals surface area contributed by atoms with Crippen molar-refractivity contribution in [1.29, 1.82) is 0 Å². The quantitative estimate of drug-likeness (QED) is 0.823. The van der Waals surface area contributed by atoms with Gasteiger partial charge in [-0.15, -0.1) is 0 Å². The van der Waals surface area contributed by atoms with Gasteiger partial charge in [0.15, 0.2) is 0 Å². The number of pyridine rings is 1. The molecule has 7 heteroatoms. The Bertz CT molecular complexity index is 440. The smallest absolute Gasteiger partial charge is 0.254 e. The predicted molar refractivity (Wildman–Crippen MR) is 68.0 cm³/mol. The van der Waals surface area contributed by atoms with Crippen molar-refractivity contribution in [2.24, 2.45) is 0 Å². The first-order valence-corrected chi connectivity index (χ1v) is 6.01. The maximum Gasteiger partial charge on any atom is 0.254 e. The zero-order valence-electron chi connectivity index (χ0n) is 9.09. The summed E-state index contributed by atoms with van der Waals surface area (Å²) in [7, 11) is 1.54. The van der Waals surface area contributed by atoms with E-state index in [-0.39, 0.29) is 35.5 Å². The summed E-state index contributed by atoms with van der Waals surface area (Å²) in [5, 5.41) is 5.18. The minimum atomic E-state index is -0.354. The SMILES string of the molecule is CNC(=O)CCNC(=O)c1cc(Br)cnc1Cl. The molecule has 0 atom stereocenters. The molecule has 17 heavy (non-hydrogen) atoms. The van der Waals surface area contributed by atoms with Crippen LogP contribution in [0, 0.1) is 0 Å². The normalized spacial score (nSPS) is 9.82. The Morgan fingerprint density at radius 3 is 2.88 bits per heavy atom. The minimum Gasteiger partial charge on any atom is -0.359 e. The van der Waals surface area contributed by atoms with Gasteiger partial charge in [0.1, 0.15) is 5.15 Å². The van der Waals surface area contributed by atoms with Crippen molar-refractivity contribution in [3.8, 4) is 0 Å². The van der Waals surface area contributed by atoms with Gasteiger partial charge in [0.25, 0.3) is 5.91 Å². The summed E-state index contributed by atoms with van der Waals surface area (Å²) in [5.41, 5.74) is 0.276. The molecule has 0 bridgehead atoms. The number of rotatable bonds is 4. The van der Waals surface area contributed by atoms with Gasteiger partial charge in [-0.3, -0.25) is 9.59 Å². The lowest BCUT2D eigenvalue weighted by molar-refractivity contribution is -0.120. The van der Waals surface area contributed by atoms with Crippen LogP contribution in [-0.2, 0) is 4.79 Å². The standard InChI is InChI=1S/C10H11BrClN3O2/c1-13-8(16)2-3-14-10(17)7-4-6(11)5-15-9(7)12/h4-5H,2-3H2,1H3,(H,13,16)(H,14,17). The van der Waals surface area contributed by atoms with Gasteiger partial charge in [0.2, 0.25) is 5.91 Å². The highest BCUT2D eigenvalue weighted by Gasteiger charge is 2.11. The molecule has 0 spiro atoms. The van der Waals surface area contributed by atoms with E-state index < -0.39 is 0 Å². The summed E-state index contributed by atoms with van der Waals surface area (Å²) in [4.78, 5) is 26.5. The molecule has 0 saturated carbocycles. The van der Waals surface area contributed by atoms with Crippen LogP contribution in [0.1, 0.15) is 16.8 Å². The van der Waals surface area contributed by atoms with Gasteiger partial charge in [0.05, 0.1) is 5.56 Å². The number of nitrogens with one attached hydrogen (secondary N) is 2. The van der Waals surface area contributed by atoms with Crippen LogP contribution in [0.4, 0.5) is 0 Å². The average Bonchev–Trinajstić information content (AvgIpc) is 2.31. The summed E-state index contributed by atoms with van der Waals surface area (Å²) in [6.45, 7) is 0.251. The molecule has 5 nitrogen and oxygen atoms in total. The first-order valence-electron chi connectivity index (χ1n) is 4.84. The number of amides is 2. The average molecular weight is 321 g/mol. The number of hydrogen-bond donors (Lipinski definition) is 2. The Labute approximate surface area is 112 Å². The highest BCUT2D eigenvalue weighted by atomic mass is 79.9. The molecule has 1 aromatic heterocycles. The molecule has 2 amide bonds. The van der Waals surface area contributed by atoms with Gasteiger partial charge < -0.3 is 10.6 Å². The monoisotopic (exact) mass is 319 g/mol. The van der Waals surface area contributed by atoms with Crippen LogP contribution in [0.5, 0.6) is 0 Å². The zero-order valence-corrected chi connectivity index (χ0v) is 11.4. The van der Waals surface area contributed by atoms with Crippen molar-refractivity contribution >= 4 is 39.3 Å². The number of hydrogen-bond acceptors (Lipinski definition) is 3. The van der Waals surface area contributed by atoms with Crippen molar-refractivity contribution in [3.05, 3.63) is 27.5 Å². The Balaban J connectivity index is 2.58. The molecule has 0 aliphatic carbocycles. The highest BCUT2D eigenvalue weighted by Crippen LogP contribution is 2.17. The second-order valence-corrected chi connectivity index (χ2v) is 4.44. The largest absolute Gasteiger partial charge is 0.359 e. The summed E-state index contributed by atoms with van der Waals surface area (Å²) in [6, 6.07) is 1.57. The Hall–Kier alpha value is -1.14. The minimum absolute atomic E-state index is 0.130. The van der Waals surface area contributed by atoms with E-state index in [1.54, 1.807) is 13.1 Å². The van der Waals surface area contributed by atoms with Gasteiger partial charge >= 0.3 is 0 Å². The first-order chi connectivity index (χ1) is 8.04. The molecule has 1 heterocycles. The fourth-order valence-corrected chi connectivity index (χ4v) is 1.61. The molecule has 0 radical (unpaired) electrons. The molecule has 0 unspecified atom stereocenters. The summed E-state index contributed by atoms with van der Waals surface area (Å²) in [5.74, 6) is -0.489. The van der Waals surface area contributed by atoms with E-state index >= 15 is 0 Å². The van der Waals surface area contributed by atoms with Gasteiger partial charge in [-0.2, -0.15) is 0 Å². The maximum atomic E-state index is 11.7. The third-order valence-corrected chi connectivity index (χ3v) is 2.70. The summed E-state index contributed by atoms with van der Waals surface area (Å²) >= 11 is 8.99. The van der Waals surface area contributed by atoms with Crippen molar-refractivity contribution in [3.63, 3.8) is 0 Å². The fraction of sp³-hybridized carbons (Fsp3) is 0.300. The summed E-state index contributed by atoms with van der Waals surface area (Å²) in [6.07, 6.45) is 1.73. The van der Waals surface area contributed by atoms with Crippen molar-refractivity contribution in [2.75, 3.05) is 13.6 Å². The van der Waals surface area contributed by atoms with Crippen LogP contribution in [0.3, 0.4) is 0 Å². The highest BCUT2D eigenvalue weighted by molar-refractivity contribution is 9.10. The van der Waals surface area contributed by atoms with Gasteiger partial charge in [0, 0.05) is 30.7 Å². The zero-order chi connectivity index (χ0) is 12.8. The molecule has 0 fully saturated rings. The van der Waals surface area contributed by atoms with Crippen LogP contribution in [-0.4, -0.2) is 30.4 Å². The number of nitrogens with zero attached hydrogens (tertiary/aromatic N) is 1. The van der Waals surface area contributed by atoms with Crippen molar-refractivity contribution < 1.29 is 9.59 Å². The van der Waals surface area contributed by atoms with Crippen LogP contribution in [0.2, 0.25) is 5.15 Å². The molecule has 2 N–H and O–H groups in total. The lowest BCUT2D eigenvalue weighted by atomic mass is 10.2. The van der Waals surface area contributed by atoms with Crippen molar-refractivity contribution in [1.82, 2.24) is 15.6 Å². The fourth-order valence-electron chi connectivity index (χ4n) is 1.09. The number of carbonyl (C=O) groups is 2. The molecule has 0 aliphatic heterocycles. The molecule has 0 saturated heterocycles. The van der Waals surface area contributed by atoms with E-state index in [4.69, 9.17) is 11.6 Å². The molecular formula is C10H11BrClN3O2. The van der Waals surface area contributed by atoms with E-state index in [0.29, 0.717) is 4.47 Å². The van der Waals surface area contributed by atoms with E-state index in [2.05, 4.69) is 31.5 Å². The summed E-state index contributed by atoms with van der Waals surface area (Å²) < 4.78 is 0.665. The number of carbonyl (C=O) groups excluding carboxylic acids is 2. The maximum absolute atomic E-state index is 11.7. The van der Waals surface area contributed by atoms with Crippen molar-refractivity contribution in [2.45, 2.75) is 6.42 Å². The van der Waals surface area contributed by atoms with Crippen LogP contribution < -0.4 is 10.6 Å². The van der Waals surface area contributed by atoms with E-state index in [0.717, 1.165) is 0 Å². The lowest BCUT2D eigenvalue weighted by Crippen LogP contribution is -2.29. The Morgan fingerprint density at radius 2 is 2.24 bits per heavy atom. The molecule has 0 aromatic carbocycles. The molecular weight excluding hydrogens is 309 g/mol. The predicted octanol–water partition coefficient (Wildman–Crippen LogP) is 1.36. The van der Waals surface area contributed by atoms with E-state index in [1.807, 2.05) is 0 Å². The first kappa shape index (κ1) is 13.9. The van der Waals surface area contributed by atoms with Gasteiger partial charge in [-0.05, 0) is 22.0 Å². The Kier molecular flexibility index (Phi) is 5.37. The van der Waals surface area contributed by atoms with Crippen LogP contribution in [0.15, 0.2) is 16.7 Å². The lowest BCUT2D eigenvalue weighted by Gasteiger charge is -2.06. The number of halogens is 2. The topological polar surface area (TPSA) is 71.1 Å². The second kappa shape index (κ2) is 6.56. The third-order valence-electron chi connectivity index (χ3n) is 1.97. The third kappa shape index (κ3) is 4.32.